The Morgan fingerprint density at radius 3 is 1.98 bits per heavy atom. The number of ether oxygens (including phenoxy) is 1. The molecule has 4 aromatic carbocycles. The Labute approximate surface area is 296 Å². The zero-order chi connectivity index (χ0) is 35.4. The molecule has 0 amide bonds. The van der Waals surface area contributed by atoms with Gasteiger partial charge in [0.05, 0.1) is 22.4 Å². The lowest BCUT2D eigenvalue weighted by atomic mass is 9.81. The van der Waals surface area contributed by atoms with E-state index in [2.05, 4.69) is 157 Å². The molecule has 7 rings (SSSR count). The highest BCUT2D eigenvalue weighted by molar-refractivity contribution is 6.09. The van der Waals surface area contributed by atoms with E-state index in [4.69, 9.17) is 14.8 Å². The third kappa shape index (κ3) is 5.89. The number of hydrogen-bond donors (Lipinski definition) is 0. The van der Waals surface area contributed by atoms with Crippen LogP contribution in [0.4, 0.5) is 0 Å². The fraction of sp³-hybridized carbons (Fsp3) is 0.289. The fourth-order valence-electron chi connectivity index (χ4n) is 7.45. The Hall–Kier alpha value is -5.16. The molecule has 0 radical (unpaired) electrons. The molecule has 0 saturated carbocycles. The van der Waals surface area contributed by atoms with Crippen molar-refractivity contribution in [2.75, 3.05) is 0 Å². The highest BCUT2D eigenvalue weighted by Gasteiger charge is 2.24. The molecule has 0 aliphatic rings. The first-order valence-electron chi connectivity index (χ1n) is 17.9. The molecule has 0 fully saturated rings. The van der Waals surface area contributed by atoms with Gasteiger partial charge in [-0.2, -0.15) is 5.10 Å². The van der Waals surface area contributed by atoms with Crippen molar-refractivity contribution in [3.63, 3.8) is 0 Å². The maximum Gasteiger partial charge on any atom is 0.137 e. The summed E-state index contributed by atoms with van der Waals surface area (Å²) in [4.78, 5) is 4.75. The smallest absolute Gasteiger partial charge is 0.137 e. The zero-order valence-electron chi connectivity index (χ0n) is 31.1. The Morgan fingerprint density at radius 1 is 0.600 bits per heavy atom. The molecule has 5 heteroatoms. The van der Waals surface area contributed by atoms with Gasteiger partial charge in [-0.05, 0) is 121 Å². The van der Waals surface area contributed by atoms with E-state index in [0.717, 1.165) is 51.0 Å². The summed E-state index contributed by atoms with van der Waals surface area (Å²) in [5.41, 5.74) is 14.4. The lowest BCUT2D eigenvalue weighted by Gasteiger charge is -2.23. The van der Waals surface area contributed by atoms with E-state index in [1.165, 1.54) is 44.2 Å². The van der Waals surface area contributed by atoms with Crippen molar-refractivity contribution in [1.29, 1.82) is 0 Å². The molecule has 0 aliphatic carbocycles. The minimum Gasteiger partial charge on any atom is -0.457 e. The van der Waals surface area contributed by atoms with E-state index in [1.807, 2.05) is 12.3 Å². The number of rotatable bonds is 8. The second kappa shape index (κ2) is 12.9. The van der Waals surface area contributed by atoms with Crippen LogP contribution < -0.4 is 4.74 Å². The molecule has 50 heavy (non-hydrogen) atoms. The average molecular weight is 661 g/mol. The topological polar surface area (TPSA) is 44.9 Å². The Kier molecular flexibility index (Phi) is 8.63. The van der Waals surface area contributed by atoms with E-state index in [1.54, 1.807) is 0 Å². The summed E-state index contributed by atoms with van der Waals surface area (Å²) < 4.78 is 11.0. The van der Waals surface area contributed by atoms with Crippen LogP contribution in [-0.4, -0.2) is 19.3 Å². The Bertz CT molecular complexity index is 2360. The minimum absolute atomic E-state index is 0.389. The number of nitrogens with zero attached hydrogens (tertiary/aromatic N) is 4. The first-order chi connectivity index (χ1) is 23.9. The van der Waals surface area contributed by atoms with Crippen molar-refractivity contribution in [2.24, 2.45) is 0 Å². The van der Waals surface area contributed by atoms with Gasteiger partial charge in [-0.1, -0.05) is 71.9 Å². The first kappa shape index (κ1) is 33.3. The number of benzene rings is 4. The third-order valence-electron chi connectivity index (χ3n) is 9.96. The van der Waals surface area contributed by atoms with E-state index < -0.39 is 0 Å². The van der Waals surface area contributed by atoms with Crippen molar-refractivity contribution in [2.45, 2.75) is 87.0 Å². The zero-order valence-corrected chi connectivity index (χ0v) is 31.1. The van der Waals surface area contributed by atoms with Gasteiger partial charge in [-0.15, -0.1) is 0 Å². The van der Waals surface area contributed by atoms with Crippen LogP contribution in [0, 0.1) is 27.7 Å². The number of fused-ring (bicyclic) bond motifs is 3. The van der Waals surface area contributed by atoms with Crippen LogP contribution in [-0.2, 0) is 0 Å². The lowest BCUT2D eigenvalue weighted by Crippen LogP contribution is -2.05. The maximum atomic E-state index is 6.66. The van der Waals surface area contributed by atoms with E-state index in [9.17, 15) is 0 Å². The molecule has 0 aliphatic heterocycles. The molecule has 0 bridgehead atoms. The highest BCUT2D eigenvalue weighted by atomic mass is 16.5. The van der Waals surface area contributed by atoms with Gasteiger partial charge in [-0.25, -0.2) is 9.67 Å². The monoisotopic (exact) mass is 660 g/mol. The second-order valence-corrected chi connectivity index (χ2v) is 14.8. The summed E-state index contributed by atoms with van der Waals surface area (Å²) in [6.45, 7) is 22.4. The van der Waals surface area contributed by atoms with Crippen LogP contribution in [0.1, 0.15) is 98.5 Å². The molecular formula is C45H48N4O. The standard InChI is InChI=1S/C45H48N4O/c1-26(2)33-22-39(27(3)4)45(40(23-33)28(5)6)44-31(9)47-49(32(44)10)34-19-30(8)20-36(24-34)50-35-15-16-38-37-13-11-12-14-41(37)48(42(38)25-35)43-21-29(7)17-18-46-43/h11-28H,1-10H3. The first-order valence-corrected chi connectivity index (χ1v) is 17.9. The van der Waals surface area contributed by atoms with Crippen molar-refractivity contribution in [3.8, 4) is 34.1 Å². The van der Waals surface area contributed by atoms with Crippen molar-refractivity contribution < 1.29 is 4.74 Å². The van der Waals surface area contributed by atoms with E-state index in [-0.39, 0.29) is 0 Å². The van der Waals surface area contributed by atoms with Gasteiger partial charge in [0.2, 0.25) is 0 Å². The van der Waals surface area contributed by atoms with E-state index >= 15 is 0 Å². The van der Waals surface area contributed by atoms with Crippen LogP contribution >= 0.6 is 0 Å². The predicted octanol–water partition coefficient (Wildman–Crippen LogP) is 12.4. The normalized spacial score (nSPS) is 11.9. The van der Waals surface area contributed by atoms with Crippen LogP contribution in [0.25, 0.3) is 44.4 Å². The molecule has 0 saturated heterocycles. The minimum atomic E-state index is 0.389. The summed E-state index contributed by atoms with van der Waals surface area (Å²) in [7, 11) is 0. The van der Waals surface area contributed by atoms with Gasteiger partial charge in [0.25, 0.3) is 0 Å². The lowest BCUT2D eigenvalue weighted by molar-refractivity contribution is 0.482. The summed E-state index contributed by atoms with van der Waals surface area (Å²) in [6.07, 6.45) is 1.87. The van der Waals surface area contributed by atoms with Crippen LogP contribution in [0.15, 0.2) is 91.1 Å². The maximum absolute atomic E-state index is 6.66. The molecule has 5 nitrogen and oxygen atoms in total. The van der Waals surface area contributed by atoms with Crippen LogP contribution in [0.5, 0.6) is 11.5 Å². The van der Waals surface area contributed by atoms with Gasteiger partial charge < -0.3 is 4.74 Å². The molecule has 254 valence electrons. The Balaban J connectivity index is 1.32. The summed E-state index contributed by atoms with van der Waals surface area (Å²) >= 11 is 0. The third-order valence-corrected chi connectivity index (χ3v) is 9.96. The largest absolute Gasteiger partial charge is 0.457 e. The van der Waals surface area contributed by atoms with Crippen LogP contribution in [0.3, 0.4) is 0 Å². The van der Waals surface area contributed by atoms with Crippen molar-refractivity contribution in [1.82, 2.24) is 19.3 Å². The molecular weight excluding hydrogens is 613 g/mol. The van der Waals surface area contributed by atoms with E-state index in [0.29, 0.717) is 17.8 Å². The van der Waals surface area contributed by atoms with Crippen molar-refractivity contribution in [3.05, 3.63) is 130 Å². The molecule has 0 atom stereocenters. The number of hydrogen-bond acceptors (Lipinski definition) is 3. The number of aromatic nitrogens is 4. The van der Waals surface area contributed by atoms with Gasteiger partial charge >= 0.3 is 0 Å². The molecule has 3 heterocycles. The quantitative estimate of drug-likeness (QED) is 0.163. The Morgan fingerprint density at radius 2 is 1.30 bits per heavy atom. The predicted molar refractivity (Wildman–Crippen MR) is 209 cm³/mol. The number of aryl methyl sites for hydroxylation is 3. The summed E-state index contributed by atoms with van der Waals surface area (Å²) in [6, 6.07) is 30.2. The highest BCUT2D eigenvalue weighted by Crippen LogP contribution is 2.42. The number of para-hydroxylation sites is 1. The van der Waals surface area contributed by atoms with Gasteiger partial charge in [0.1, 0.15) is 17.3 Å². The molecule has 0 N–H and O–H groups in total. The SMILES string of the molecule is Cc1cc(Oc2ccc3c4ccccc4n(-c4cc(C)ccn4)c3c2)cc(-n2nc(C)c(-c3c(C(C)C)cc(C(C)C)cc3C(C)C)c2C)c1. The molecule has 0 unspecified atom stereocenters. The molecule has 3 aromatic heterocycles. The number of pyridine rings is 1. The van der Waals surface area contributed by atoms with Gasteiger partial charge in [0.15, 0.2) is 0 Å². The fourth-order valence-corrected chi connectivity index (χ4v) is 7.45. The second-order valence-electron chi connectivity index (χ2n) is 14.8. The molecule has 0 spiro atoms. The summed E-state index contributed by atoms with van der Waals surface area (Å²) in [5, 5.41) is 7.53. The van der Waals surface area contributed by atoms with Crippen molar-refractivity contribution >= 4 is 21.8 Å². The molecule has 7 aromatic rings. The summed E-state index contributed by atoms with van der Waals surface area (Å²) in [5.74, 6) is 3.69. The van der Waals surface area contributed by atoms with Gasteiger partial charge in [0, 0.05) is 40.4 Å². The average Bonchev–Trinajstić information content (AvgIpc) is 3.56. The van der Waals surface area contributed by atoms with Gasteiger partial charge in [-0.3, -0.25) is 4.57 Å². The van der Waals surface area contributed by atoms with Crippen LogP contribution in [0.2, 0.25) is 0 Å².